The van der Waals surface area contributed by atoms with Gasteiger partial charge in [0.05, 0.1) is 5.02 Å². The first-order chi connectivity index (χ1) is 12.9. The van der Waals surface area contributed by atoms with Crippen molar-refractivity contribution >= 4 is 35.0 Å². The molecule has 0 aromatic heterocycles. The maximum Gasteiger partial charge on any atom is 0.255 e. The molecule has 27 heavy (non-hydrogen) atoms. The molecule has 2 aromatic rings. The monoisotopic (exact) mass is 411 g/mol. The predicted octanol–water partition coefficient (Wildman–Crippen LogP) is 6.60. The zero-order valence-electron chi connectivity index (χ0n) is 14.3. The van der Waals surface area contributed by atoms with Crippen LogP contribution in [0.4, 0.5) is 18.9 Å². The van der Waals surface area contributed by atoms with Gasteiger partial charge in [0.15, 0.2) is 17.5 Å². The Bertz CT molecular complexity index is 855. The van der Waals surface area contributed by atoms with Crippen LogP contribution in [0.25, 0.3) is 0 Å². The summed E-state index contributed by atoms with van der Waals surface area (Å²) in [7, 11) is 0. The van der Waals surface area contributed by atoms with E-state index < -0.39 is 23.4 Å². The van der Waals surface area contributed by atoms with E-state index in [1.165, 1.54) is 6.07 Å². The molecule has 0 radical (unpaired) electrons. The van der Waals surface area contributed by atoms with Crippen molar-refractivity contribution in [1.82, 2.24) is 0 Å². The number of hydrogen-bond donors (Lipinski definition) is 1. The standard InChI is InChI=1S/C20H17ClF3NOS/c21-15-8-7-12(9-18(15)27-14-5-3-1-2-4-6-14)20(26)25-13-10-16(22)19(24)17(23)11-13/h1-2,7-11,14H,3-6H2,(H,25,26). The molecule has 0 heterocycles. The summed E-state index contributed by atoms with van der Waals surface area (Å²) in [6.45, 7) is 0. The molecule has 0 unspecified atom stereocenters. The maximum absolute atomic E-state index is 13.3. The van der Waals surface area contributed by atoms with Crippen LogP contribution in [-0.2, 0) is 0 Å². The SMILES string of the molecule is O=C(Nc1cc(F)c(F)c(F)c1)c1ccc(Cl)c(SC2CCC=CCC2)c1. The van der Waals surface area contributed by atoms with Crippen molar-refractivity contribution in [1.29, 1.82) is 0 Å². The summed E-state index contributed by atoms with van der Waals surface area (Å²) >= 11 is 7.90. The summed E-state index contributed by atoms with van der Waals surface area (Å²) in [6.07, 6.45) is 8.43. The van der Waals surface area contributed by atoms with Crippen molar-refractivity contribution in [2.24, 2.45) is 0 Å². The van der Waals surface area contributed by atoms with E-state index in [4.69, 9.17) is 11.6 Å². The van der Waals surface area contributed by atoms with Crippen LogP contribution < -0.4 is 5.32 Å². The Morgan fingerprint density at radius 3 is 2.30 bits per heavy atom. The Balaban J connectivity index is 1.75. The summed E-state index contributed by atoms with van der Waals surface area (Å²) in [6, 6.07) is 6.30. The number of hydrogen-bond acceptors (Lipinski definition) is 2. The number of nitrogens with one attached hydrogen (secondary N) is 1. The minimum absolute atomic E-state index is 0.157. The fraction of sp³-hybridized carbons (Fsp3) is 0.250. The van der Waals surface area contributed by atoms with Crippen LogP contribution in [0.5, 0.6) is 0 Å². The number of halogens is 4. The Hall–Kier alpha value is -1.92. The third kappa shape index (κ3) is 5.08. The average molecular weight is 412 g/mol. The number of allylic oxidation sites excluding steroid dienone is 2. The summed E-state index contributed by atoms with van der Waals surface area (Å²) in [5.41, 5.74) is 0.147. The first kappa shape index (κ1) is 19.8. The molecule has 0 spiro atoms. The van der Waals surface area contributed by atoms with E-state index in [0.29, 0.717) is 15.8 Å². The molecule has 0 bridgehead atoms. The zero-order chi connectivity index (χ0) is 19.4. The maximum atomic E-state index is 13.3. The van der Waals surface area contributed by atoms with E-state index in [0.717, 1.165) is 42.7 Å². The molecule has 142 valence electrons. The molecule has 0 aliphatic heterocycles. The van der Waals surface area contributed by atoms with Gasteiger partial charge in [-0.05, 0) is 43.9 Å². The Morgan fingerprint density at radius 1 is 1.04 bits per heavy atom. The van der Waals surface area contributed by atoms with Gasteiger partial charge in [0.25, 0.3) is 5.91 Å². The number of carbonyl (C=O) groups excluding carboxylic acids is 1. The van der Waals surface area contributed by atoms with Gasteiger partial charge in [-0.15, -0.1) is 11.8 Å². The number of benzene rings is 2. The van der Waals surface area contributed by atoms with Crippen LogP contribution in [0.2, 0.25) is 5.02 Å². The zero-order valence-corrected chi connectivity index (χ0v) is 15.8. The fourth-order valence-electron chi connectivity index (χ4n) is 2.81. The molecule has 0 fully saturated rings. The van der Waals surface area contributed by atoms with Gasteiger partial charge in [0.2, 0.25) is 0 Å². The van der Waals surface area contributed by atoms with E-state index in [-0.39, 0.29) is 5.69 Å². The van der Waals surface area contributed by atoms with Gasteiger partial charge in [-0.25, -0.2) is 13.2 Å². The highest BCUT2D eigenvalue weighted by Crippen LogP contribution is 2.36. The third-order valence-electron chi connectivity index (χ3n) is 4.21. The fourth-order valence-corrected chi connectivity index (χ4v) is 4.30. The average Bonchev–Trinajstić information content (AvgIpc) is 2.90. The van der Waals surface area contributed by atoms with Crippen molar-refractivity contribution in [3.63, 3.8) is 0 Å². The van der Waals surface area contributed by atoms with Crippen LogP contribution in [0.3, 0.4) is 0 Å². The molecule has 1 aliphatic carbocycles. The van der Waals surface area contributed by atoms with Crippen molar-refractivity contribution in [2.45, 2.75) is 35.8 Å². The van der Waals surface area contributed by atoms with Crippen molar-refractivity contribution in [3.8, 4) is 0 Å². The number of anilines is 1. The highest BCUT2D eigenvalue weighted by molar-refractivity contribution is 8.00. The number of amides is 1. The molecule has 1 aliphatic rings. The molecule has 0 saturated carbocycles. The molecule has 0 atom stereocenters. The van der Waals surface area contributed by atoms with Gasteiger partial charge >= 0.3 is 0 Å². The highest BCUT2D eigenvalue weighted by atomic mass is 35.5. The minimum atomic E-state index is -1.57. The minimum Gasteiger partial charge on any atom is -0.322 e. The molecular formula is C20H17ClF3NOS. The third-order valence-corrected chi connectivity index (χ3v) is 6.04. The lowest BCUT2D eigenvalue weighted by molar-refractivity contribution is 0.102. The van der Waals surface area contributed by atoms with E-state index in [1.807, 2.05) is 0 Å². The quantitative estimate of drug-likeness (QED) is 0.453. The van der Waals surface area contributed by atoms with Gasteiger partial charge in [-0.3, -0.25) is 4.79 Å². The predicted molar refractivity (Wildman–Crippen MR) is 103 cm³/mol. The molecule has 2 aromatic carbocycles. The summed E-state index contributed by atoms with van der Waals surface area (Å²) in [5, 5.41) is 3.33. The van der Waals surface area contributed by atoms with Crippen LogP contribution in [-0.4, -0.2) is 11.2 Å². The lowest BCUT2D eigenvalue weighted by atomic mass is 10.2. The molecule has 1 N–H and O–H groups in total. The first-order valence-electron chi connectivity index (χ1n) is 8.51. The molecule has 2 nitrogen and oxygen atoms in total. The van der Waals surface area contributed by atoms with Gasteiger partial charge in [-0.1, -0.05) is 23.8 Å². The Morgan fingerprint density at radius 2 is 1.67 bits per heavy atom. The van der Waals surface area contributed by atoms with Gasteiger partial charge in [0.1, 0.15) is 0 Å². The molecule has 1 amide bonds. The molecular weight excluding hydrogens is 395 g/mol. The van der Waals surface area contributed by atoms with Crippen LogP contribution in [0.15, 0.2) is 47.4 Å². The molecule has 7 heteroatoms. The lowest BCUT2D eigenvalue weighted by Gasteiger charge is -2.15. The topological polar surface area (TPSA) is 29.1 Å². The normalized spacial score (nSPS) is 14.8. The van der Waals surface area contributed by atoms with Crippen LogP contribution in [0, 0.1) is 17.5 Å². The Labute approximate surface area is 164 Å². The lowest BCUT2D eigenvalue weighted by Crippen LogP contribution is -2.13. The second kappa shape index (κ2) is 8.85. The second-order valence-electron chi connectivity index (χ2n) is 6.22. The van der Waals surface area contributed by atoms with Crippen molar-refractivity contribution < 1.29 is 18.0 Å². The number of carbonyl (C=O) groups is 1. The van der Waals surface area contributed by atoms with Gasteiger partial charge in [-0.2, -0.15) is 0 Å². The van der Waals surface area contributed by atoms with Gasteiger partial charge in [0, 0.05) is 33.5 Å². The van der Waals surface area contributed by atoms with Crippen molar-refractivity contribution in [3.05, 3.63) is 70.5 Å². The van der Waals surface area contributed by atoms with E-state index >= 15 is 0 Å². The summed E-state index contributed by atoms with van der Waals surface area (Å²) < 4.78 is 39.7. The number of rotatable bonds is 4. The first-order valence-corrected chi connectivity index (χ1v) is 9.77. The van der Waals surface area contributed by atoms with Gasteiger partial charge < -0.3 is 5.32 Å². The Kier molecular flexibility index (Phi) is 6.50. The highest BCUT2D eigenvalue weighted by Gasteiger charge is 2.17. The largest absolute Gasteiger partial charge is 0.322 e. The van der Waals surface area contributed by atoms with E-state index in [2.05, 4.69) is 17.5 Å². The van der Waals surface area contributed by atoms with E-state index in [9.17, 15) is 18.0 Å². The summed E-state index contributed by atoms with van der Waals surface area (Å²) in [5.74, 6) is -4.85. The van der Waals surface area contributed by atoms with Crippen LogP contribution >= 0.6 is 23.4 Å². The van der Waals surface area contributed by atoms with Crippen molar-refractivity contribution in [2.75, 3.05) is 5.32 Å². The van der Waals surface area contributed by atoms with Crippen LogP contribution in [0.1, 0.15) is 36.0 Å². The number of thioether (sulfide) groups is 1. The smallest absolute Gasteiger partial charge is 0.255 e. The molecule has 3 rings (SSSR count). The van der Waals surface area contributed by atoms with E-state index in [1.54, 1.807) is 23.9 Å². The second-order valence-corrected chi connectivity index (χ2v) is 7.97. The summed E-state index contributed by atoms with van der Waals surface area (Å²) in [4.78, 5) is 13.2. The molecule has 0 saturated heterocycles.